The van der Waals surface area contributed by atoms with Gasteiger partial charge >= 0.3 is 0 Å². The molecule has 0 spiro atoms. The first-order chi connectivity index (χ1) is 14.5. The van der Waals surface area contributed by atoms with Crippen LogP contribution in [0, 0.1) is 0 Å². The molecule has 0 bridgehead atoms. The molecule has 0 heterocycles. The van der Waals surface area contributed by atoms with Crippen LogP contribution in [0.1, 0.15) is 105 Å². The van der Waals surface area contributed by atoms with E-state index in [1.165, 1.54) is 0 Å². The van der Waals surface area contributed by atoms with E-state index in [1.807, 2.05) is 83.1 Å². The Morgan fingerprint density at radius 2 is 0.727 bits per heavy atom. The summed E-state index contributed by atoms with van der Waals surface area (Å²) in [5.41, 5.74) is 0.398. The summed E-state index contributed by atoms with van der Waals surface area (Å²) in [5, 5.41) is 21.6. The fraction of sp³-hybridized carbons (Fsp3) is 0.571. The van der Waals surface area contributed by atoms with Gasteiger partial charge in [-0.25, -0.2) is 8.42 Å². The summed E-state index contributed by atoms with van der Waals surface area (Å²) >= 11 is 0. The van der Waals surface area contributed by atoms with Crippen molar-refractivity contribution in [2.24, 2.45) is 0 Å². The molecule has 0 amide bonds. The van der Waals surface area contributed by atoms with Gasteiger partial charge in [0.2, 0.25) is 9.84 Å². The number of phenols is 2. The number of benzene rings is 2. The Bertz CT molecular complexity index is 1070. The average molecular weight is 475 g/mol. The monoisotopic (exact) mass is 474 g/mol. The van der Waals surface area contributed by atoms with Crippen molar-refractivity contribution in [3.63, 3.8) is 0 Å². The van der Waals surface area contributed by atoms with Gasteiger partial charge in [0.25, 0.3) is 0 Å². The van der Waals surface area contributed by atoms with Crippen molar-refractivity contribution in [1.29, 1.82) is 0 Å². The van der Waals surface area contributed by atoms with Crippen molar-refractivity contribution >= 4 is 9.84 Å². The van der Waals surface area contributed by atoms with Crippen LogP contribution in [0.15, 0.2) is 34.1 Å². The summed E-state index contributed by atoms with van der Waals surface area (Å²) in [5.74, 6) is 0.201. The molecule has 0 aliphatic rings. The van der Waals surface area contributed by atoms with Crippen molar-refractivity contribution in [3.8, 4) is 11.5 Å². The molecule has 33 heavy (non-hydrogen) atoms. The Hall–Kier alpha value is -2.01. The summed E-state index contributed by atoms with van der Waals surface area (Å²) in [6.07, 6.45) is 0. The van der Waals surface area contributed by atoms with E-state index in [4.69, 9.17) is 0 Å². The standard InChI is InChI=1S/C28H42O4S/c1-25(2,3)17-15-23(19(13-21(17)29)27(7,8)9)33(31,32)24-16-18(26(4,5)6)22(30)14-20(24)28(10,11)12/h13-16,29-30H,1-12H3. The average Bonchev–Trinajstić information content (AvgIpc) is 2.57. The number of aromatic hydroxyl groups is 2. The van der Waals surface area contributed by atoms with Crippen LogP contribution >= 0.6 is 0 Å². The van der Waals surface area contributed by atoms with Gasteiger partial charge in [-0.2, -0.15) is 0 Å². The molecule has 0 aromatic heterocycles. The molecule has 0 saturated carbocycles. The van der Waals surface area contributed by atoms with Crippen molar-refractivity contribution in [3.05, 3.63) is 46.5 Å². The number of hydrogen-bond acceptors (Lipinski definition) is 4. The van der Waals surface area contributed by atoms with E-state index < -0.39 is 31.5 Å². The molecule has 2 aromatic rings. The minimum absolute atomic E-state index is 0.100. The molecule has 0 radical (unpaired) electrons. The summed E-state index contributed by atoms with van der Waals surface area (Å²) in [6.45, 7) is 23.4. The van der Waals surface area contributed by atoms with Crippen LogP contribution in [-0.2, 0) is 31.5 Å². The highest BCUT2D eigenvalue weighted by Crippen LogP contribution is 2.44. The van der Waals surface area contributed by atoms with Gasteiger partial charge in [-0.15, -0.1) is 0 Å². The molecule has 0 saturated heterocycles. The number of sulfone groups is 1. The van der Waals surface area contributed by atoms with Crippen LogP contribution in [0.25, 0.3) is 0 Å². The van der Waals surface area contributed by atoms with Gasteiger partial charge in [0, 0.05) is 11.1 Å². The lowest BCUT2D eigenvalue weighted by Gasteiger charge is -2.30. The van der Waals surface area contributed by atoms with Gasteiger partial charge in [0.1, 0.15) is 11.5 Å². The van der Waals surface area contributed by atoms with Crippen LogP contribution in [0.2, 0.25) is 0 Å². The van der Waals surface area contributed by atoms with Gasteiger partial charge in [-0.3, -0.25) is 0 Å². The SMILES string of the molecule is CC(C)(C)c1cc(S(=O)(=O)c2cc(C(C)(C)C)c(O)cc2C(C)(C)C)c(C(C)(C)C)cc1O. The van der Waals surface area contributed by atoms with Crippen LogP contribution in [0.5, 0.6) is 11.5 Å². The predicted molar refractivity (Wildman–Crippen MR) is 136 cm³/mol. The first kappa shape index (κ1) is 27.2. The first-order valence-corrected chi connectivity index (χ1v) is 13.0. The van der Waals surface area contributed by atoms with Gasteiger partial charge in [-0.1, -0.05) is 83.1 Å². The zero-order chi connectivity index (χ0) is 25.9. The highest BCUT2D eigenvalue weighted by atomic mass is 32.2. The van der Waals surface area contributed by atoms with E-state index in [-0.39, 0.29) is 21.3 Å². The highest BCUT2D eigenvalue weighted by molar-refractivity contribution is 7.91. The second-order valence-corrected chi connectivity index (χ2v) is 15.1. The molecule has 184 valence electrons. The minimum atomic E-state index is -3.99. The Morgan fingerprint density at radius 1 is 0.485 bits per heavy atom. The van der Waals surface area contributed by atoms with Gasteiger partial charge in [-0.05, 0) is 57.1 Å². The fourth-order valence-electron chi connectivity index (χ4n) is 4.07. The van der Waals surface area contributed by atoms with E-state index >= 15 is 0 Å². The maximum Gasteiger partial charge on any atom is 0.207 e. The third-order valence-electron chi connectivity index (χ3n) is 6.01. The fourth-order valence-corrected chi connectivity index (χ4v) is 6.17. The molecule has 0 aliphatic heterocycles. The summed E-state index contributed by atoms with van der Waals surface area (Å²) in [6, 6.07) is 6.49. The number of hydrogen-bond donors (Lipinski definition) is 2. The minimum Gasteiger partial charge on any atom is -0.508 e. The zero-order valence-electron chi connectivity index (χ0n) is 22.4. The Kier molecular flexibility index (Phi) is 6.64. The van der Waals surface area contributed by atoms with Gasteiger partial charge < -0.3 is 10.2 Å². The molecule has 0 unspecified atom stereocenters. The maximum absolute atomic E-state index is 14.4. The van der Waals surface area contributed by atoms with Crippen molar-refractivity contribution in [2.45, 2.75) is 115 Å². The zero-order valence-corrected chi connectivity index (χ0v) is 23.2. The molecule has 0 aliphatic carbocycles. The molecule has 5 heteroatoms. The maximum atomic E-state index is 14.4. The van der Waals surface area contributed by atoms with Gasteiger partial charge in [0.05, 0.1) is 9.79 Å². The lowest BCUT2D eigenvalue weighted by molar-refractivity contribution is 0.440. The topological polar surface area (TPSA) is 74.6 Å². The highest BCUT2D eigenvalue weighted by Gasteiger charge is 2.36. The molecular formula is C28H42O4S. The molecule has 0 fully saturated rings. The molecule has 2 N–H and O–H groups in total. The van der Waals surface area contributed by atoms with Crippen LogP contribution in [0.3, 0.4) is 0 Å². The molecular weight excluding hydrogens is 432 g/mol. The molecule has 0 atom stereocenters. The quantitative estimate of drug-likeness (QED) is 0.486. The molecule has 4 nitrogen and oxygen atoms in total. The van der Waals surface area contributed by atoms with E-state index in [0.717, 1.165) is 0 Å². The van der Waals surface area contributed by atoms with E-state index in [0.29, 0.717) is 22.3 Å². The lowest BCUT2D eigenvalue weighted by Crippen LogP contribution is -2.23. The predicted octanol–water partition coefficient (Wildman–Crippen LogP) is 7.12. The van der Waals surface area contributed by atoms with Crippen LogP contribution in [0.4, 0.5) is 0 Å². The van der Waals surface area contributed by atoms with Gasteiger partial charge in [0.15, 0.2) is 0 Å². The summed E-state index contributed by atoms with van der Waals surface area (Å²) < 4.78 is 28.8. The Balaban J connectivity index is 3.09. The lowest BCUT2D eigenvalue weighted by atomic mass is 9.81. The smallest absolute Gasteiger partial charge is 0.207 e. The number of phenolic OH excluding ortho intramolecular Hbond substituents is 2. The third-order valence-corrected chi connectivity index (χ3v) is 7.84. The van der Waals surface area contributed by atoms with Crippen molar-refractivity contribution in [1.82, 2.24) is 0 Å². The van der Waals surface area contributed by atoms with Crippen molar-refractivity contribution < 1.29 is 18.6 Å². The van der Waals surface area contributed by atoms with Crippen LogP contribution < -0.4 is 0 Å². The second-order valence-electron chi connectivity index (χ2n) is 13.2. The largest absolute Gasteiger partial charge is 0.508 e. The normalized spacial score (nSPS) is 13.9. The van der Waals surface area contributed by atoms with E-state index in [1.54, 1.807) is 24.3 Å². The summed E-state index contributed by atoms with van der Waals surface area (Å²) in [4.78, 5) is 0.405. The Labute approximate surface area is 201 Å². The summed E-state index contributed by atoms with van der Waals surface area (Å²) in [7, 11) is -3.99. The molecule has 2 aromatic carbocycles. The van der Waals surface area contributed by atoms with E-state index in [2.05, 4.69) is 0 Å². The Morgan fingerprint density at radius 3 is 0.939 bits per heavy atom. The first-order valence-electron chi connectivity index (χ1n) is 11.5. The van der Waals surface area contributed by atoms with Crippen LogP contribution in [-0.4, -0.2) is 18.6 Å². The van der Waals surface area contributed by atoms with Crippen molar-refractivity contribution in [2.75, 3.05) is 0 Å². The molecule has 2 rings (SSSR count). The second kappa shape index (κ2) is 8.04. The van der Waals surface area contributed by atoms with E-state index in [9.17, 15) is 18.6 Å². The third kappa shape index (κ3) is 5.40. The number of rotatable bonds is 2.